The molecular formula is C12H16Cl2N2. The van der Waals surface area contributed by atoms with Gasteiger partial charge in [-0.05, 0) is 30.7 Å². The molecule has 1 aromatic rings. The fourth-order valence-electron chi connectivity index (χ4n) is 2.12. The molecule has 2 rings (SSSR count). The topological polar surface area (TPSA) is 15.3 Å². The van der Waals surface area contributed by atoms with E-state index in [9.17, 15) is 0 Å². The smallest absolute Gasteiger partial charge is 0.0424 e. The number of hydrogen-bond donors (Lipinski definition) is 1. The van der Waals surface area contributed by atoms with Gasteiger partial charge in [-0.2, -0.15) is 0 Å². The Kier molecular flexibility index (Phi) is 4.09. The number of nitrogens with one attached hydrogen (secondary N) is 1. The Morgan fingerprint density at radius 2 is 2.00 bits per heavy atom. The van der Waals surface area contributed by atoms with E-state index in [0.29, 0.717) is 16.1 Å². The van der Waals surface area contributed by atoms with Crippen LogP contribution in [0, 0.1) is 0 Å². The van der Waals surface area contributed by atoms with Crippen LogP contribution in [0.5, 0.6) is 0 Å². The normalized spacial score (nSPS) is 22.3. The van der Waals surface area contributed by atoms with E-state index in [4.69, 9.17) is 23.2 Å². The van der Waals surface area contributed by atoms with Crippen molar-refractivity contribution in [2.75, 3.05) is 19.6 Å². The Labute approximate surface area is 107 Å². The van der Waals surface area contributed by atoms with Crippen LogP contribution in [0.25, 0.3) is 0 Å². The van der Waals surface area contributed by atoms with Crippen LogP contribution in [-0.2, 0) is 6.54 Å². The van der Waals surface area contributed by atoms with Gasteiger partial charge in [0, 0.05) is 42.3 Å². The van der Waals surface area contributed by atoms with Gasteiger partial charge < -0.3 is 5.32 Å². The molecule has 0 unspecified atom stereocenters. The van der Waals surface area contributed by atoms with Gasteiger partial charge in [0.2, 0.25) is 0 Å². The number of rotatable bonds is 2. The molecule has 0 bridgehead atoms. The van der Waals surface area contributed by atoms with Crippen molar-refractivity contribution < 1.29 is 0 Å². The predicted molar refractivity (Wildman–Crippen MR) is 69.2 cm³/mol. The van der Waals surface area contributed by atoms with Crippen LogP contribution >= 0.6 is 23.2 Å². The summed E-state index contributed by atoms with van der Waals surface area (Å²) in [6.45, 7) is 6.33. The highest BCUT2D eigenvalue weighted by molar-refractivity contribution is 6.34. The zero-order chi connectivity index (χ0) is 11.5. The molecule has 1 atom stereocenters. The van der Waals surface area contributed by atoms with Crippen molar-refractivity contribution in [3.8, 4) is 0 Å². The molecule has 0 spiro atoms. The summed E-state index contributed by atoms with van der Waals surface area (Å²) in [5.41, 5.74) is 1.19. The van der Waals surface area contributed by atoms with Crippen molar-refractivity contribution >= 4 is 23.2 Å². The Morgan fingerprint density at radius 3 is 2.62 bits per heavy atom. The zero-order valence-corrected chi connectivity index (χ0v) is 10.9. The fraction of sp³-hybridized carbons (Fsp3) is 0.500. The highest BCUT2D eigenvalue weighted by Gasteiger charge is 2.15. The molecule has 0 amide bonds. The molecule has 1 saturated heterocycles. The lowest BCUT2D eigenvalue weighted by atomic mass is 10.1. The number of benzene rings is 1. The van der Waals surface area contributed by atoms with Crippen LogP contribution in [0.3, 0.4) is 0 Å². The maximum atomic E-state index is 5.98. The van der Waals surface area contributed by atoms with E-state index in [-0.39, 0.29) is 0 Å². The number of piperazine rings is 1. The molecule has 1 heterocycles. The summed E-state index contributed by atoms with van der Waals surface area (Å²) < 4.78 is 0. The first-order valence-electron chi connectivity index (χ1n) is 5.54. The van der Waals surface area contributed by atoms with Crippen LogP contribution in [0.4, 0.5) is 0 Å². The molecule has 1 aliphatic heterocycles. The minimum atomic E-state index is 0.559. The highest BCUT2D eigenvalue weighted by Crippen LogP contribution is 2.20. The fourth-order valence-corrected chi connectivity index (χ4v) is 2.69. The SMILES string of the molecule is C[C@@H]1CN(Cc2cc(Cl)cc(Cl)c2)CCN1. The molecule has 88 valence electrons. The molecule has 16 heavy (non-hydrogen) atoms. The maximum absolute atomic E-state index is 5.98. The first-order chi connectivity index (χ1) is 7.63. The first kappa shape index (κ1) is 12.2. The van der Waals surface area contributed by atoms with Crippen LogP contribution in [0.1, 0.15) is 12.5 Å². The van der Waals surface area contributed by atoms with Gasteiger partial charge in [-0.1, -0.05) is 23.2 Å². The molecule has 0 radical (unpaired) electrons. The molecule has 1 aromatic carbocycles. The third kappa shape index (κ3) is 3.36. The summed E-state index contributed by atoms with van der Waals surface area (Å²) in [6.07, 6.45) is 0. The highest BCUT2D eigenvalue weighted by atomic mass is 35.5. The van der Waals surface area contributed by atoms with E-state index in [1.165, 1.54) is 5.56 Å². The Bertz CT molecular complexity index is 348. The molecule has 0 aliphatic carbocycles. The molecule has 0 aromatic heterocycles. The Morgan fingerprint density at radius 1 is 1.31 bits per heavy atom. The molecule has 1 aliphatic rings. The van der Waals surface area contributed by atoms with E-state index < -0.39 is 0 Å². The Balaban J connectivity index is 2.02. The van der Waals surface area contributed by atoms with Crippen molar-refractivity contribution in [2.24, 2.45) is 0 Å². The van der Waals surface area contributed by atoms with Gasteiger partial charge in [-0.3, -0.25) is 4.90 Å². The second-order valence-electron chi connectivity index (χ2n) is 4.37. The van der Waals surface area contributed by atoms with Crippen LogP contribution in [0.15, 0.2) is 18.2 Å². The lowest BCUT2D eigenvalue weighted by Crippen LogP contribution is -2.48. The van der Waals surface area contributed by atoms with E-state index in [2.05, 4.69) is 17.1 Å². The largest absolute Gasteiger partial charge is 0.312 e. The lowest BCUT2D eigenvalue weighted by Gasteiger charge is -2.31. The van der Waals surface area contributed by atoms with Crippen molar-refractivity contribution in [1.82, 2.24) is 10.2 Å². The lowest BCUT2D eigenvalue weighted by molar-refractivity contribution is 0.199. The minimum Gasteiger partial charge on any atom is -0.312 e. The number of halogens is 2. The van der Waals surface area contributed by atoms with E-state index >= 15 is 0 Å². The third-order valence-corrected chi connectivity index (χ3v) is 3.22. The van der Waals surface area contributed by atoms with Gasteiger partial charge >= 0.3 is 0 Å². The molecular weight excluding hydrogens is 243 g/mol. The van der Waals surface area contributed by atoms with Crippen molar-refractivity contribution in [1.29, 1.82) is 0 Å². The quantitative estimate of drug-likeness (QED) is 0.878. The van der Waals surface area contributed by atoms with E-state index in [0.717, 1.165) is 26.2 Å². The standard InChI is InChI=1S/C12H16Cl2N2/c1-9-7-16(3-2-15-9)8-10-4-11(13)6-12(14)5-10/h4-6,9,15H,2-3,7-8H2,1H3/t9-/m1/s1. The summed E-state index contributed by atoms with van der Waals surface area (Å²) in [4.78, 5) is 2.42. The predicted octanol–water partition coefficient (Wildman–Crippen LogP) is 2.79. The maximum Gasteiger partial charge on any atom is 0.0424 e. The average molecular weight is 259 g/mol. The van der Waals surface area contributed by atoms with Gasteiger partial charge in [0.1, 0.15) is 0 Å². The van der Waals surface area contributed by atoms with Gasteiger partial charge in [0.25, 0.3) is 0 Å². The van der Waals surface area contributed by atoms with Crippen LogP contribution in [0.2, 0.25) is 10.0 Å². The van der Waals surface area contributed by atoms with Crippen molar-refractivity contribution in [3.05, 3.63) is 33.8 Å². The number of hydrogen-bond acceptors (Lipinski definition) is 2. The summed E-state index contributed by atoms with van der Waals surface area (Å²) in [6, 6.07) is 6.30. The van der Waals surface area contributed by atoms with Gasteiger partial charge in [-0.25, -0.2) is 0 Å². The monoisotopic (exact) mass is 258 g/mol. The van der Waals surface area contributed by atoms with Gasteiger partial charge in [0.15, 0.2) is 0 Å². The second kappa shape index (κ2) is 5.37. The molecule has 4 heteroatoms. The first-order valence-corrected chi connectivity index (χ1v) is 6.30. The molecule has 2 nitrogen and oxygen atoms in total. The molecule has 0 saturated carbocycles. The summed E-state index contributed by atoms with van der Waals surface area (Å²) in [5.74, 6) is 0. The molecule has 1 fully saturated rings. The Hall–Kier alpha value is -0.280. The number of nitrogens with zero attached hydrogens (tertiary/aromatic N) is 1. The summed E-state index contributed by atoms with van der Waals surface area (Å²) in [7, 11) is 0. The molecule has 1 N–H and O–H groups in total. The van der Waals surface area contributed by atoms with Gasteiger partial charge in [0.05, 0.1) is 0 Å². The average Bonchev–Trinajstić information content (AvgIpc) is 2.15. The zero-order valence-electron chi connectivity index (χ0n) is 9.34. The summed E-state index contributed by atoms with van der Waals surface area (Å²) in [5, 5.41) is 4.85. The van der Waals surface area contributed by atoms with Crippen molar-refractivity contribution in [2.45, 2.75) is 19.5 Å². The third-order valence-electron chi connectivity index (χ3n) is 2.78. The van der Waals surface area contributed by atoms with Crippen LogP contribution < -0.4 is 5.32 Å². The van der Waals surface area contributed by atoms with Crippen molar-refractivity contribution in [3.63, 3.8) is 0 Å². The second-order valence-corrected chi connectivity index (χ2v) is 5.24. The van der Waals surface area contributed by atoms with Gasteiger partial charge in [-0.15, -0.1) is 0 Å². The van der Waals surface area contributed by atoms with E-state index in [1.807, 2.05) is 12.1 Å². The van der Waals surface area contributed by atoms with E-state index in [1.54, 1.807) is 6.07 Å². The van der Waals surface area contributed by atoms with Crippen LogP contribution in [-0.4, -0.2) is 30.6 Å². The summed E-state index contributed by atoms with van der Waals surface area (Å²) >= 11 is 12.0. The minimum absolute atomic E-state index is 0.559.